The van der Waals surface area contributed by atoms with E-state index in [9.17, 15) is 0 Å². The Labute approximate surface area is 117 Å². The second-order valence-electron chi connectivity index (χ2n) is 3.56. The molecular formula is C13H11Br2NO. The van der Waals surface area contributed by atoms with Crippen molar-refractivity contribution in [2.45, 2.75) is 6.61 Å². The van der Waals surface area contributed by atoms with Gasteiger partial charge in [-0.3, -0.25) is 0 Å². The van der Waals surface area contributed by atoms with Gasteiger partial charge in [0.25, 0.3) is 0 Å². The maximum atomic E-state index is 5.86. The van der Waals surface area contributed by atoms with Gasteiger partial charge in [0.1, 0.15) is 12.4 Å². The van der Waals surface area contributed by atoms with Crippen molar-refractivity contribution < 1.29 is 4.74 Å². The van der Waals surface area contributed by atoms with Gasteiger partial charge in [-0.05, 0) is 24.3 Å². The summed E-state index contributed by atoms with van der Waals surface area (Å²) in [6, 6.07) is 13.6. The lowest BCUT2D eigenvalue weighted by Gasteiger charge is -2.10. The van der Waals surface area contributed by atoms with Crippen molar-refractivity contribution in [3.05, 3.63) is 57.0 Å². The van der Waals surface area contributed by atoms with Crippen LogP contribution in [0.25, 0.3) is 0 Å². The summed E-state index contributed by atoms with van der Waals surface area (Å²) in [5.41, 5.74) is 7.58. The van der Waals surface area contributed by atoms with Crippen molar-refractivity contribution in [3.8, 4) is 5.75 Å². The average molecular weight is 357 g/mol. The maximum absolute atomic E-state index is 5.86. The molecule has 0 unspecified atom stereocenters. The van der Waals surface area contributed by atoms with E-state index >= 15 is 0 Å². The first-order valence-corrected chi connectivity index (χ1v) is 6.66. The van der Waals surface area contributed by atoms with Gasteiger partial charge in [-0.25, -0.2) is 0 Å². The standard InChI is InChI=1S/C13H11Br2NO/c14-10-5-6-13(12(16)7-10)17-8-9-3-1-2-4-11(9)15/h1-7H,8,16H2. The molecule has 0 heterocycles. The van der Waals surface area contributed by atoms with E-state index in [1.54, 1.807) is 0 Å². The zero-order chi connectivity index (χ0) is 12.3. The highest BCUT2D eigenvalue weighted by atomic mass is 79.9. The number of nitrogens with two attached hydrogens (primary N) is 1. The Morgan fingerprint density at radius 3 is 2.53 bits per heavy atom. The normalized spacial score (nSPS) is 10.2. The number of ether oxygens (including phenoxy) is 1. The second-order valence-corrected chi connectivity index (χ2v) is 5.33. The Morgan fingerprint density at radius 2 is 1.82 bits per heavy atom. The summed E-state index contributed by atoms with van der Waals surface area (Å²) in [5, 5.41) is 0. The number of nitrogen functional groups attached to an aromatic ring is 1. The van der Waals surface area contributed by atoms with Gasteiger partial charge < -0.3 is 10.5 Å². The van der Waals surface area contributed by atoms with Crippen LogP contribution in [0.5, 0.6) is 5.75 Å². The molecule has 0 aliphatic carbocycles. The van der Waals surface area contributed by atoms with Crippen molar-refractivity contribution >= 4 is 37.5 Å². The Balaban J connectivity index is 2.10. The third-order valence-electron chi connectivity index (χ3n) is 2.31. The molecule has 0 fully saturated rings. The third kappa shape index (κ3) is 3.23. The topological polar surface area (TPSA) is 35.2 Å². The molecule has 2 nitrogen and oxygen atoms in total. The Bertz CT molecular complexity index is 529. The molecule has 0 saturated heterocycles. The Morgan fingerprint density at radius 1 is 1.06 bits per heavy atom. The quantitative estimate of drug-likeness (QED) is 0.828. The zero-order valence-corrected chi connectivity index (χ0v) is 12.2. The highest BCUT2D eigenvalue weighted by Crippen LogP contribution is 2.26. The van der Waals surface area contributed by atoms with Gasteiger partial charge in [0.2, 0.25) is 0 Å². The number of halogens is 2. The molecule has 2 aromatic rings. The lowest BCUT2D eigenvalue weighted by molar-refractivity contribution is 0.307. The van der Waals surface area contributed by atoms with Crippen molar-refractivity contribution in [1.29, 1.82) is 0 Å². The average Bonchev–Trinajstić information content (AvgIpc) is 2.30. The highest BCUT2D eigenvalue weighted by Gasteiger charge is 2.03. The van der Waals surface area contributed by atoms with Crippen molar-refractivity contribution in [3.63, 3.8) is 0 Å². The minimum atomic E-state index is 0.493. The first-order chi connectivity index (χ1) is 8.16. The molecule has 0 radical (unpaired) electrons. The molecule has 2 N–H and O–H groups in total. The molecule has 88 valence electrons. The van der Waals surface area contributed by atoms with Crippen LogP contribution in [0, 0.1) is 0 Å². The molecule has 0 spiro atoms. The summed E-state index contributed by atoms with van der Waals surface area (Å²) in [6.07, 6.45) is 0. The molecule has 0 aliphatic heterocycles. The van der Waals surface area contributed by atoms with Crippen LogP contribution in [-0.2, 0) is 6.61 Å². The summed E-state index contributed by atoms with van der Waals surface area (Å²) in [4.78, 5) is 0. The van der Waals surface area contributed by atoms with Gasteiger partial charge in [0.05, 0.1) is 5.69 Å². The minimum Gasteiger partial charge on any atom is -0.487 e. The van der Waals surface area contributed by atoms with Crippen LogP contribution in [0.2, 0.25) is 0 Å². The predicted molar refractivity (Wildman–Crippen MR) is 77.0 cm³/mol. The summed E-state index contributed by atoms with van der Waals surface area (Å²) in [6.45, 7) is 0.493. The molecule has 0 atom stereocenters. The van der Waals surface area contributed by atoms with Crippen LogP contribution in [-0.4, -0.2) is 0 Å². The summed E-state index contributed by atoms with van der Waals surface area (Å²) < 4.78 is 7.67. The van der Waals surface area contributed by atoms with E-state index in [2.05, 4.69) is 31.9 Å². The fourth-order valence-electron chi connectivity index (χ4n) is 1.42. The van der Waals surface area contributed by atoms with Crippen LogP contribution in [0.15, 0.2) is 51.4 Å². The number of benzene rings is 2. The fourth-order valence-corrected chi connectivity index (χ4v) is 2.20. The second kappa shape index (κ2) is 5.56. The molecule has 17 heavy (non-hydrogen) atoms. The van der Waals surface area contributed by atoms with Crippen LogP contribution >= 0.6 is 31.9 Å². The molecule has 0 amide bonds. The number of anilines is 1. The summed E-state index contributed by atoms with van der Waals surface area (Å²) in [7, 11) is 0. The van der Waals surface area contributed by atoms with E-state index in [0.717, 1.165) is 14.5 Å². The predicted octanol–water partition coefficient (Wildman–Crippen LogP) is 4.37. The Hall–Kier alpha value is -1.00. The number of hydrogen-bond acceptors (Lipinski definition) is 2. The van der Waals surface area contributed by atoms with E-state index in [1.807, 2.05) is 42.5 Å². The molecule has 2 rings (SSSR count). The van der Waals surface area contributed by atoms with Crippen molar-refractivity contribution in [1.82, 2.24) is 0 Å². The summed E-state index contributed by atoms with van der Waals surface area (Å²) in [5.74, 6) is 0.698. The lowest BCUT2D eigenvalue weighted by atomic mass is 10.2. The van der Waals surface area contributed by atoms with Gasteiger partial charge in [-0.2, -0.15) is 0 Å². The number of hydrogen-bond donors (Lipinski definition) is 1. The third-order valence-corrected chi connectivity index (χ3v) is 3.58. The zero-order valence-electron chi connectivity index (χ0n) is 8.99. The van der Waals surface area contributed by atoms with Crippen molar-refractivity contribution in [2.24, 2.45) is 0 Å². The van der Waals surface area contributed by atoms with Gasteiger partial charge in [-0.1, -0.05) is 50.1 Å². The monoisotopic (exact) mass is 355 g/mol. The first-order valence-electron chi connectivity index (χ1n) is 5.08. The van der Waals surface area contributed by atoms with Gasteiger partial charge >= 0.3 is 0 Å². The highest BCUT2D eigenvalue weighted by molar-refractivity contribution is 9.10. The molecule has 0 saturated carbocycles. The van der Waals surface area contributed by atoms with Gasteiger partial charge in [-0.15, -0.1) is 0 Å². The lowest BCUT2D eigenvalue weighted by Crippen LogP contribution is -1.99. The van der Waals surface area contributed by atoms with Crippen LogP contribution in [0.3, 0.4) is 0 Å². The molecule has 4 heteroatoms. The van der Waals surface area contributed by atoms with E-state index in [-0.39, 0.29) is 0 Å². The summed E-state index contributed by atoms with van der Waals surface area (Å²) >= 11 is 6.84. The van der Waals surface area contributed by atoms with Crippen LogP contribution < -0.4 is 10.5 Å². The van der Waals surface area contributed by atoms with Crippen LogP contribution in [0.1, 0.15) is 5.56 Å². The SMILES string of the molecule is Nc1cc(Br)ccc1OCc1ccccc1Br. The van der Waals surface area contributed by atoms with E-state index < -0.39 is 0 Å². The molecular weight excluding hydrogens is 346 g/mol. The van der Waals surface area contributed by atoms with Crippen LogP contribution in [0.4, 0.5) is 5.69 Å². The van der Waals surface area contributed by atoms with Gasteiger partial charge in [0.15, 0.2) is 0 Å². The first kappa shape index (κ1) is 12.5. The molecule has 2 aromatic carbocycles. The molecule has 0 aromatic heterocycles. The van der Waals surface area contributed by atoms with E-state index in [1.165, 1.54) is 0 Å². The van der Waals surface area contributed by atoms with Crippen molar-refractivity contribution in [2.75, 3.05) is 5.73 Å². The smallest absolute Gasteiger partial charge is 0.142 e. The maximum Gasteiger partial charge on any atom is 0.142 e. The minimum absolute atomic E-state index is 0.493. The fraction of sp³-hybridized carbons (Fsp3) is 0.0769. The largest absolute Gasteiger partial charge is 0.487 e. The Kier molecular flexibility index (Phi) is 4.07. The molecule has 0 aliphatic rings. The van der Waals surface area contributed by atoms with E-state index in [4.69, 9.17) is 10.5 Å². The van der Waals surface area contributed by atoms with Gasteiger partial charge in [0, 0.05) is 14.5 Å². The molecule has 0 bridgehead atoms. The number of rotatable bonds is 3. The van der Waals surface area contributed by atoms with E-state index in [0.29, 0.717) is 18.0 Å².